The van der Waals surface area contributed by atoms with Crippen molar-refractivity contribution in [1.29, 1.82) is 0 Å². The summed E-state index contributed by atoms with van der Waals surface area (Å²) >= 11 is 4.59. The van der Waals surface area contributed by atoms with Gasteiger partial charge in [-0.1, -0.05) is 6.42 Å². The molecule has 7 heteroatoms. The molecular formula is C12H17BrN2O2S2. The molecule has 1 saturated carbocycles. The third-order valence-corrected chi connectivity index (χ3v) is 8.19. The minimum Gasteiger partial charge on any atom is -0.327 e. The summed E-state index contributed by atoms with van der Waals surface area (Å²) in [6, 6.07) is 3.62. The van der Waals surface area contributed by atoms with E-state index in [4.69, 9.17) is 5.73 Å². The number of hydrogen-bond acceptors (Lipinski definition) is 4. The van der Waals surface area contributed by atoms with E-state index in [-0.39, 0.29) is 6.04 Å². The summed E-state index contributed by atoms with van der Waals surface area (Å²) in [5.41, 5.74) is 6.14. The highest BCUT2D eigenvalue weighted by Crippen LogP contribution is 2.39. The van der Waals surface area contributed by atoms with Gasteiger partial charge in [-0.15, -0.1) is 11.3 Å². The Bertz CT molecular complexity index is 572. The third kappa shape index (κ3) is 2.51. The lowest BCUT2D eigenvalue weighted by molar-refractivity contribution is 0.260. The highest BCUT2D eigenvalue weighted by molar-refractivity contribution is 9.11. The zero-order valence-corrected chi connectivity index (χ0v) is 13.7. The van der Waals surface area contributed by atoms with E-state index in [1.54, 1.807) is 16.4 Å². The zero-order chi connectivity index (χ0) is 13.6. The first kappa shape index (κ1) is 14.0. The van der Waals surface area contributed by atoms with Crippen molar-refractivity contribution in [1.82, 2.24) is 4.31 Å². The zero-order valence-electron chi connectivity index (χ0n) is 10.5. The maximum absolute atomic E-state index is 12.6. The standard InChI is InChI=1S/C12H17BrN2O2S2/c13-11-4-5-12(18-11)19(16,17)15-6-8-2-1-3-10(14)9(8)7-15/h4-5,8-10H,1-3,6-7,14H2. The fraction of sp³-hybridized carbons (Fsp3) is 0.667. The Balaban J connectivity index is 1.84. The Hall–Kier alpha value is 0.0500. The van der Waals surface area contributed by atoms with Gasteiger partial charge in [0, 0.05) is 19.1 Å². The number of thiophene rings is 1. The van der Waals surface area contributed by atoms with E-state index in [0.717, 1.165) is 23.0 Å². The van der Waals surface area contributed by atoms with E-state index >= 15 is 0 Å². The molecule has 3 atom stereocenters. The number of nitrogens with zero attached hydrogens (tertiary/aromatic N) is 1. The molecule has 0 amide bonds. The summed E-state index contributed by atoms with van der Waals surface area (Å²) in [4.78, 5) is 0. The molecular weight excluding hydrogens is 348 g/mol. The topological polar surface area (TPSA) is 63.4 Å². The Labute approximate surface area is 126 Å². The van der Waals surface area contributed by atoms with Crippen LogP contribution in [0.1, 0.15) is 19.3 Å². The van der Waals surface area contributed by atoms with Gasteiger partial charge in [0.1, 0.15) is 4.21 Å². The van der Waals surface area contributed by atoms with Gasteiger partial charge in [-0.2, -0.15) is 4.31 Å². The van der Waals surface area contributed by atoms with Crippen LogP contribution in [0.25, 0.3) is 0 Å². The largest absolute Gasteiger partial charge is 0.327 e. The first-order chi connectivity index (χ1) is 8.98. The highest BCUT2D eigenvalue weighted by atomic mass is 79.9. The van der Waals surface area contributed by atoms with Gasteiger partial charge in [0.25, 0.3) is 10.0 Å². The monoisotopic (exact) mass is 364 g/mol. The molecule has 19 heavy (non-hydrogen) atoms. The van der Waals surface area contributed by atoms with Gasteiger partial charge in [-0.3, -0.25) is 0 Å². The van der Waals surface area contributed by atoms with Crippen molar-refractivity contribution in [2.24, 2.45) is 17.6 Å². The van der Waals surface area contributed by atoms with Crippen molar-refractivity contribution in [3.05, 3.63) is 15.9 Å². The highest BCUT2D eigenvalue weighted by Gasteiger charge is 2.43. The lowest BCUT2D eigenvalue weighted by Gasteiger charge is -2.29. The molecule has 2 fully saturated rings. The Morgan fingerprint density at radius 1 is 1.32 bits per heavy atom. The molecule has 1 aromatic heterocycles. The van der Waals surface area contributed by atoms with E-state index in [0.29, 0.717) is 29.1 Å². The molecule has 1 aliphatic carbocycles. The average Bonchev–Trinajstić information content (AvgIpc) is 2.96. The van der Waals surface area contributed by atoms with Crippen LogP contribution in [0.3, 0.4) is 0 Å². The summed E-state index contributed by atoms with van der Waals surface area (Å²) in [6.07, 6.45) is 3.26. The molecule has 0 aromatic carbocycles. The Kier molecular flexibility index (Phi) is 3.77. The Morgan fingerprint density at radius 3 is 2.74 bits per heavy atom. The molecule has 0 bridgehead atoms. The van der Waals surface area contributed by atoms with Crippen LogP contribution in [0.4, 0.5) is 0 Å². The van der Waals surface area contributed by atoms with E-state index in [1.165, 1.54) is 11.3 Å². The van der Waals surface area contributed by atoms with Crippen LogP contribution in [0.5, 0.6) is 0 Å². The van der Waals surface area contributed by atoms with Crippen molar-refractivity contribution in [3.8, 4) is 0 Å². The first-order valence-electron chi connectivity index (χ1n) is 6.49. The maximum atomic E-state index is 12.6. The number of hydrogen-bond donors (Lipinski definition) is 1. The van der Waals surface area contributed by atoms with E-state index < -0.39 is 10.0 Å². The van der Waals surface area contributed by atoms with E-state index in [2.05, 4.69) is 15.9 Å². The van der Waals surface area contributed by atoms with E-state index in [9.17, 15) is 8.42 Å². The van der Waals surface area contributed by atoms with Crippen LogP contribution in [0.15, 0.2) is 20.1 Å². The van der Waals surface area contributed by atoms with Crippen molar-refractivity contribution < 1.29 is 8.42 Å². The van der Waals surface area contributed by atoms with Crippen LogP contribution in [0.2, 0.25) is 0 Å². The molecule has 1 aliphatic heterocycles. The van der Waals surface area contributed by atoms with Gasteiger partial charge in [0.05, 0.1) is 3.79 Å². The van der Waals surface area contributed by atoms with Crippen LogP contribution in [-0.2, 0) is 10.0 Å². The molecule has 2 N–H and O–H groups in total. The van der Waals surface area contributed by atoms with Crippen molar-refractivity contribution in [2.45, 2.75) is 29.5 Å². The van der Waals surface area contributed by atoms with Crippen LogP contribution in [-0.4, -0.2) is 31.9 Å². The summed E-state index contributed by atoms with van der Waals surface area (Å²) < 4.78 is 28.0. The van der Waals surface area contributed by atoms with Crippen LogP contribution in [0, 0.1) is 11.8 Å². The summed E-state index contributed by atoms with van der Waals surface area (Å²) in [7, 11) is -3.33. The van der Waals surface area contributed by atoms with Gasteiger partial charge < -0.3 is 5.73 Å². The van der Waals surface area contributed by atoms with Gasteiger partial charge in [-0.05, 0) is 52.7 Å². The number of rotatable bonds is 2. The molecule has 2 aliphatic rings. The predicted molar refractivity (Wildman–Crippen MR) is 79.6 cm³/mol. The normalized spacial score (nSPS) is 32.4. The van der Waals surface area contributed by atoms with Crippen molar-refractivity contribution in [2.75, 3.05) is 13.1 Å². The number of sulfonamides is 1. The summed E-state index contributed by atoms with van der Waals surface area (Å²) in [5.74, 6) is 0.786. The maximum Gasteiger partial charge on any atom is 0.252 e. The molecule has 1 saturated heterocycles. The van der Waals surface area contributed by atoms with Gasteiger partial charge >= 0.3 is 0 Å². The fourth-order valence-corrected chi connectivity index (χ4v) is 6.93. The second-order valence-electron chi connectivity index (χ2n) is 5.40. The molecule has 1 aromatic rings. The fourth-order valence-electron chi connectivity index (χ4n) is 3.24. The van der Waals surface area contributed by atoms with Crippen LogP contribution >= 0.6 is 27.3 Å². The molecule has 3 unspecified atom stereocenters. The average molecular weight is 365 g/mol. The first-order valence-corrected chi connectivity index (χ1v) is 9.54. The second kappa shape index (κ2) is 5.11. The Morgan fingerprint density at radius 2 is 2.11 bits per heavy atom. The third-order valence-electron chi connectivity index (χ3n) is 4.26. The molecule has 0 radical (unpaired) electrons. The predicted octanol–water partition coefficient (Wildman–Crippen LogP) is 2.26. The summed E-state index contributed by atoms with van der Waals surface area (Å²) in [6.45, 7) is 1.22. The van der Waals surface area contributed by atoms with Crippen molar-refractivity contribution >= 4 is 37.3 Å². The number of fused-ring (bicyclic) bond motifs is 1. The van der Waals surface area contributed by atoms with E-state index in [1.807, 2.05) is 0 Å². The smallest absolute Gasteiger partial charge is 0.252 e. The lowest BCUT2D eigenvalue weighted by Crippen LogP contribution is -2.38. The number of nitrogens with two attached hydrogens (primary N) is 1. The number of halogens is 1. The van der Waals surface area contributed by atoms with Crippen LogP contribution < -0.4 is 5.73 Å². The molecule has 106 valence electrons. The molecule has 0 spiro atoms. The quantitative estimate of drug-likeness (QED) is 0.875. The second-order valence-corrected chi connectivity index (χ2v) is 10.0. The molecule has 3 rings (SSSR count). The van der Waals surface area contributed by atoms with Crippen molar-refractivity contribution in [3.63, 3.8) is 0 Å². The van der Waals surface area contributed by atoms with Gasteiger partial charge in [0.2, 0.25) is 0 Å². The SMILES string of the molecule is NC1CCCC2CN(S(=O)(=O)c3ccc(Br)s3)CC12. The van der Waals surface area contributed by atoms with Gasteiger partial charge in [0.15, 0.2) is 0 Å². The lowest BCUT2D eigenvalue weighted by atomic mass is 9.78. The molecule has 2 heterocycles. The van der Waals surface area contributed by atoms with Gasteiger partial charge in [-0.25, -0.2) is 8.42 Å². The minimum absolute atomic E-state index is 0.161. The minimum atomic E-state index is -3.33. The summed E-state index contributed by atoms with van der Waals surface area (Å²) in [5, 5.41) is 0. The molecule has 4 nitrogen and oxygen atoms in total.